The molecule has 0 saturated heterocycles. The fourth-order valence-corrected chi connectivity index (χ4v) is 2.29. The van der Waals surface area contributed by atoms with Crippen LogP contribution in [0.5, 0.6) is 0 Å². The van der Waals surface area contributed by atoms with Crippen molar-refractivity contribution in [2.24, 2.45) is 0 Å². The zero-order chi connectivity index (χ0) is 19.6. The van der Waals surface area contributed by atoms with Crippen LogP contribution in [-0.4, -0.2) is 42.4 Å². The van der Waals surface area contributed by atoms with Crippen LogP contribution >= 0.6 is 0 Å². The first-order chi connectivity index (χ1) is 13.0. The topological polar surface area (TPSA) is 104 Å². The van der Waals surface area contributed by atoms with Gasteiger partial charge in [-0.1, -0.05) is 30.3 Å². The average Bonchev–Trinajstić information content (AvgIpc) is 3.18. The smallest absolute Gasteiger partial charge is 0.315 e. The third kappa shape index (κ3) is 6.85. The molecule has 3 N–H and O–H groups in total. The third-order valence-electron chi connectivity index (χ3n) is 3.85. The molecule has 0 aliphatic heterocycles. The highest BCUT2D eigenvalue weighted by atomic mass is 16.3. The second-order valence-corrected chi connectivity index (χ2v) is 6.08. The van der Waals surface area contributed by atoms with Crippen LogP contribution in [0.3, 0.4) is 0 Å². The molecule has 1 aromatic carbocycles. The molecule has 1 atom stereocenters. The second kappa shape index (κ2) is 10.0. The van der Waals surface area contributed by atoms with Crippen molar-refractivity contribution in [2.75, 3.05) is 13.6 Å². The van der Waals surface area contributed by atoms with Gasteiger partial charge >= 0.3 is 6.03 Å². The lowest BCUT2D eigenvalue weighted by molar-refractivity contribution is -0.129. The zero-order valence-electron chi connectivity index (χ0n) is 15.4. The molecule has 2 rings (SSSR count). The highest BCUT2D eigenvalue weighted by Crippen LogP contribution is 2.02. The molecule has 4 amide bonds. The van der Waals surface area contributed by atoms with Crippen LogP contribution in [0.1, 0.15) is 18.2 Å². The lowest BCUT2D eigenvalue weighted by Gasteiger charge is -2.18. The lowest BCUT2D eigenvalue weighted by atomic mass is 10.2. The van der Waals surface area contributed by atoms with Crippen molar-refractivity contribution in [2.45, 2.75) is 26.1 Å². The van der Waals surface area contributed by atoms with Gasteiger partial charge in [0, 0.05) is 13.6 Å². The third-order valence-corrected chi connectivity index (χ3v) is 3.85. The molecule has 0 unspecified atom stereocenters. The maximum Gasteiger partial charge on any atom is 0.315 e. The van der Waals surface area contributed by atoms with Crippen molar-refractivity contribution in [1.29, 1.82) is 0 Å². The van der Waals surface area contributed by atoms with Crippen molar-refractivity contribution in [3.8, 4) is 0 Å². The van der Waals surface area contributed by atoms with E-state index in [9.17, 15) is 14.4 Å². The summed E-state index contributed by atoms with van der Waals surface area (Å²) in [6, 6.07) is 11.7. The summed E-state index contributed by atoms with van der Waals surface area (Å²) in [5, 5.41) is 7.61. The van der Waals surface area contributed by atoms with Crippen LogP contribution in [0.4, 0.5) is 4.79 Å². The Hall–Kier alpha value is -3.29. The van der Waals surface area contributed by atoms with Crippen LogP contribution in [0.25, 0.3) is 0 Å². The number of hydrogen-bond acceptors (Lipinski definition) is 4. The van der Waals surface area contributed by atoms with E-state index in [0.717, 1.165) is 5.56 Å². The van der Waals surface area contributed by atoms with Gasteiger partial charge in [-0.2, -0.15) is 0 Å². The molecule has 2 aromatic rings. The van der Waals surface area contributed by atoms with Gasteiger partial charge in [0.25, 0.3) is 0 Å². The monoisotopic (exact) mass is 372 g/mol. The quantitative estimate of drug-likeness (QED) is 0.649. The van der Waals surface area contributed by atoms with Crippen molar-refractivity contribution >= 4 is 17.8 Å². The summed E-state index contributed by atoms with van der Waals surface area (Å²) in [6.45, 7) is 2.09. The molecule has 0 bridgehead atoms. The van der Waals surface area contributed by atoms with Gasteiger partial charge in [-0.3, -0.25) is 9.59 Å². The molecule has 27 heavy (non-hydrogen) atoms. The number of hydrogen-bond donors (Lipinski definition) is 3. The van der Waals surface area contributed by atoms with Crippen LogP contribution in [0.15, 0.2) is 53.1 Å². The molecule has 0 fully saturated rings. The van der Waals surface area contributed by atoms with E-state index in [1.807, 2.05) is 30.3 Å². The van der Waals surface area contributed by atoms with Gasteiger partial charge in [-0.15, -0.1) is 0 Å². The fourth-order valence-electron chi connectivity index (χ4n) is 2.29. The molecule has 1 aromatic heterocycles. The predicted molar refractivity (Wildman–Crippen MR) is 99.5 cm³/mol. The van der Waals surface area contributed by atoms with E-state index in [0.29, 0.717) is 12.3 Å². The molecule has 0 aliphatic rings. The first kappa shape index (κ1) is 20.0. The van der Waals surface area contributed by atoms with E-state index in [2.05, 4.69) is 16.0 Å². The highest BCUT2D eigenvalue weighted by Gasteiger charge is 2.17. The number of urea groups is 1. The summed E-state index contributed by atoms with van der Waals surface area (Å²) in [7, 11) is 1.67. The SMILES string of the molecule is C[C@@H](NC(=O)NCC(=O)N(C)Cc1ccccc1)C(=O)NCc1ccco1. The van der Waals surface area contributed by atoms with E-state index < -0.39 is 12.1 Å². The fraction of sp³-hybridized carbons (Fsp3) is 0.316. The summed E-state index contributed by atoms with van der Waals surface area (Å²) in [5.74, 6) is 0.0325. The number of furan rings is 1. The molecular formula is C19H24N4O4. The highest BCUT2D eigenvalue weighted by molar-refractivity contribution is 5.88. The number of nitrogens with one attached hydrogen (secondary N) is 3. The molecule has 0 radical (unpaired) electrons. The number of likely N-dealkylation sites (N-methyl/N-ethyl adjacent to an activating group) is 1. The number of nitrogens with zero attached hydrogens (tertiary/aromatic N) is 1. The Morgan fingerprint density at radius 2 is 1.81 bits per heavy atom. The normalized spacial score (nSPS) is 11.3. The van der Waals surface area contributed by atoms with Gasteiger partial charge in [-0.25, -0.2) is 4.79 Å². The minimum absolute atomic E-state index is 0.157. The van der Waals surface area contributed by atoms with Crippen molar-refractivity contribution in [3.05, 3.63) is 60.1 Å². The molecule has 0 saturated carbocycles. The number of carbonyl (C=O) groups excluding carboxylic acids is 3. The van der Waals surface area contributed by atoms with Gasteiger partial charge in [0.2, 0.25) is 11.8 Å². The zero-order valence-corrected chi connectivity index (χ0v) is 15.4. The lowest BCUT2D eigenvalue weighted by Crippen LogP contribution is -2.50. The Labute approximate surface area is 157 Å². The van der Waals surface area contributed by atoms with Crippen LogP contribution in [0, 0.1) is 0 Å². The maximum absolute atomic E-state index is 12.1. The van der Waals surface area contributed by atoms with E-state index in [1.165, 1.54) is 11.2 Å². The minimum atomic E-state index is -0.753. The number of benzene rings is 1. The van der Waals surface area contributed by atoms with Crippen molar-refractivity contribution in [1.82, 2.24) is 20.9 Å². The number of rotatable bonds is 8. The van der Waals surface area contributed by atoms with Crippen molar-refractivity contribution < 1.29 is 18.8 Å². The number of amides is 4. The molecule has 8 nitrogen and oxygen atoms in total. The van der Waals surface area contributed by atoms with Crippen LogP contribution < -0.4 is 16.0 Å². The first-order valence-electron chi connectivity index (χ1n) is 8.58. The standard InChI is InChI=1S/C19H24N4O4/c1-14(18(25)20-11-16-9-6-10-27-16)22-19(26)21-12-17(24)23(2)13-15-7-4-3-5-8-15/h3-10,14H,11-13H2,1-2H3,(H,20,25)(H2,21,22,26)/t14-/m1/s1. The van der Waals surface area contributed by atoms with Gasteiger partial charge in [0.1, 0.15) is 11.8 Å². The Balaban J connectivity index is 1.68. The predicted octanol–water partition coefficient (Wildman–Crippen LogP) is 1.24. The van der Waals surface area contributed by atoms with Gasteiger partial charge in [-0.05, 0) is 24.6 Å². The Kier molecular flexibility index (Phi) is 7.42. The van der Waals surface area contributed by atoms with E-state index in [4.69, 9.17) is 4.42 Å². The molecular weight excluding hydrogens is 348 g/mol. The summed E-state index contributed by atoms with van der Waals surface area (Å²) in [6.07, 6.45) is 1.52. The molecule has 144 valence electrons. The maximum atomic E-state index is 12.1. The van der Waals surface area contributed by atoms with E-state index in [-0.39, 0.29) is 24.9 Å². The van der Waals surface area contributed by atoms with E-state index in [1.54, 1.807) is 26.1 Å². The Morgan fingerprint density at radius 1 is 1.07 bits per heavy atom. The van der Waals surface area contributed by atoms with Crippen LogP contribution in [0.2, 0.25) is 0 Å². The average molecular weight is 372 g/mol. The molecule has 1 heterocycles. The van der Waals surface area contributed by atoms with Gasteiger partial charge in [0.15, 0.2) is 0 Å². The summed E-state index contributed by atoms with van der Waals surface area (Å²) in [4.78, 5) is 37.5. The summed E-state index contributed by atoms with van der Waals surface area (Å²) < 4.78 is 5.12. The number of carbonyl (C=O) groups is 3. The van der Waals surface area contributed by atoms with Crippen LogP contribution in [-0.2, 0) is 22.7 Å². The Bertz CT molecular complexity index is 746. The molecule has 0 aliphatic carbocycles. The first-order valence-corrected chi connectivity index (χ1v) is 8.58. The molecule has 0 spiro atoms. The van der Waals surface area contributed by atoms with Gasteiger partial charge < -0.3 is 25.3 Å². The van der Waals surface area contributed by atoms with E-state index >= 15 is 0 Å². The summed E-state index contributed by atoms with van der Waals surface area (Å²) in [5.41, 5.74) is 1.000. The molecule has 8 heteroatoms. The second-order valence-electron chi connectivity index (χ2n) is 6.08. The van der Waals surface area contributed by atoms with Gasteiger partial charge in [0.05, 0.1) is 19.4 Å². The van der Waals surface area contributed by atoms with Crippen molar-refractivity contribution in [3.63, 3.8) is 0 Å². The minimum Gasteiger partial charge on any atom is -0.467 e. The summed E-state index contributed by atoms with van der Waals surface area (Å²) >= 11 is 0. The Morgan fingerprint density at radius 3 is 2.48 bits per heavy atom. The largest absolute Gasteiger partial charge is 0.467 e.